The maximum Gasteiger partial charge on any atom is 0.203 e. The molecule has 2 heterocycles. The van der Waals surface area contributed by atoms with Crippen LogP contribution in [0.5, 0.6) is 0 Å². The molecule has 1 unspecified atom stereocenters. The Bertz CT molecular complexity index is 653. The summed E-state index contributed by atoms with van der Waals surface area (Å²) in [5, 5.41) is 8.83. The first-order valence-corrected chi connectivity index (χ1v) is 7.53. The van der Waals surface area contributed by atoms with Crippen LogP contribution in [0.25, 0.3) is 0 Å². The van der Waals surface area contributed by atoms with Gasteiger partial charge >= 0.3 is 0 Å². The number of hydrogen-bond acceptors (Lipinski definition) is 3. The van der Waals surface area contributed by atoms with E-state index in [1.807, 2.05) is 12.1 Å². The molecule has 0 radical (unpaired) electrons. The number of furan rings is 1. The van der Waals surface area contributed by atoms with E-state index in [2.05, 4.69) is 36.1 Å². The van der Waals surface area contributed by atoms with Crippen LogP contribution in [0.3, 0.4) is 0 Å². The molecule has 0 bridgehead atoms. The van der Waals surface area contributed by atoms with Gasteiger partial charge in [0.25, 0.3) is 0 Å². The molecular weight excluding hydrogens is 260 g/mol. The molecule has 0 amide bonds. The van der Waals surface area contributed by atoms with E-state index < -0.39 is 0 Å². The van der Waals surface area contributed by atoms with Crippen molar-refractivity contribution >= 4 is 0 Å². The molecule has 21 heavy (non-hydrogen) atoms. The van der Waals surface area contributed by atoms with E-state index in [4.69, 9.17) is 9.68 Å². The Morgan fingerprint density at radius 3 is 2.90 bits per heavy atom. The van der Waals surface area contributed by atoms with E-state index in [-0.39, 0.29) is 0 Å². The van der Waals surface area contributed by atoms with Gasteiger partial charge in [0, 0.05) is 6.04 Å². The van der Waals surface area contributed by atoms with E-state index in [1.165, 1.54) is 24.0 Å². The second kappa shape index (κ2) is 6.15. The first-order valence-electron chi connectivity index (χ1n) is 7.53. The lowest BCUT2D eigenvalue weighted by Crippen LogP contribution is -2.30. The third-order valence-electron chi connectivity index (χ3n) is 4.35. The minimum Gasteiger partial charge on any atom is -0.449 e. The zero-order valence-corrected chi connectivity index (χ0v) is 12.4. The van der Waals surface area contributed by atoms with Crippen LogP contribution in [0.15, 0.2) is 40.8 Å². The summed E-state index contributed by atoms with van der Waals surface area (Å²) >= 11 is 0. The van der Waals surface area contributed by atoms with Gasteiger partial charge in [-0.15, -0.1) is 0 Å². The molecule has 0 N–H and O–H groups in total. The summed E-state index contributed by atoms with van der Waals surface area (Å²) in [6.45, 7) is 4.09. The molecule has 3 heteroatoms. The summed E-state index contributed by atoms with van der Waals surface area (Å²) in [7, 11) is 0. The Morgan fingerprint density at radius 1 is 1.29 bits per heavy atom. The number of benzene rings is 1. The Morgan fingerprint density at radius 2 is 2.14 bits per heavy atom. The van der Waals surface area contributed by atoms with Gasteiger partial charge in [0.2, 0.25) is 5.76 Å². The molecule has 3 nitrogen and oxygen atoms in total. The maximum absolute atomic E-state index is 8.83. The fraction of sp³-hybridized carbons (Fsp3) is 0.389. The molecule has 1 aliphatic heterocycles. The van der Waals surface area contributed by atoms with Gasteiger partial charge in [-0.3, -0.25) is 4.90 Å². The number of rotatable bonds is 4. The highest BCUT2D eigenvalue weighted by Crippen LogP contribution is 2.25. The van der Waals surface area contributed by atoms with E-state index in [9.17, 15) is 0 Å². The first kappa shape index (κ1) is 13.9. The number of likely N-dealkylation sites (tertiary alicyclic amines) is 1. The topological polar surface area (TPSA) is 40.2 Å². The highest BCUT2D eigenvalue weighted by molar-refractivity contribution is 5.26. The first-order chi connectivity index (χ1) is 10.3. The van der Waals surface area contributed by atoms with Crippen molar-refractivity contribution in [3.05, 3.63) is 59.0 Å². The Hall–Kier alpha value is -2.05. The van der Waals surface area contributed by atoms with Crippen molar-refractivity contribution < 1.29 is 4.42 Å². The summed E-state index contributed by atoms with van der Waals surface area (Å²) in [6.07, 6.45) is 3.57. The monoisotopic (exact) mass is 280 g/mol. The summed E-state index contributed by atoms with van der Waals surface area (Å²) in [5.74, 6) is 1.29. The van der Waals surface area contributed by atoms with Gasteiger partial charge in [0.1, 0.15) is 11.8 Å². The van der Waals surface area contributed by atoms with E-state index in [0.29, 0.717) is 11.8 Å². The predicted molar refractivity (Wildman–Crippen MR) is 81.7 cm³/mol. The lowest BCUT2D eigenvalue weighted by atomic mass is 10.00. The highest BCUT2D eigenvalue weighted by atomic mass is 16.3. The Labute approximate surface area is 125 Å². The number of aryl methyl sites for hydroxylation is 1. The molecular formula is C18H20N2O. The summed E-state index contributed by atoms with van der Waals surface area (Å²) in [6, 6.07) is 14.9. The highest BCUT2D eigenvalue weighted by Gasteiger charge is 2.25. The molecule has 1 aromatic carbocycles. The average Bonchev–Trinajstić information content (AvgIpc) is 3.12. The maximum atomic E-state index is 8.83. The van der Waals surface area contributed by atoms with Crippen molar-refractivity contribution in [1.82, 2.24) is 4.90 Å². The minimum atomic E-state index is 0.402. The van der Waals surface area contributed by atoms with Crippen LogP contribution < -0.4 is 0 Å². The van der Waals surface area contributed by atoms with Gasteiger partial charge in [-0.05, 0) is 56.0 Å². The zero-order chi connectivity index (χ0) is 14.7. The fourth-order valence-electron chi connectivity index (χ4n) is 3.15. The summed E-state index contributed by atoms with van der Waals surface area (Å²) in [5.41, 5.74) is 2.81. The quantitative estimate of drug-likeness (QED) is 0.858. The van der Waals surface area contributed by atoms with Crippen LogP contribution in [0.1, 0.15) is 35.5 Å². The van der Waals surface area contributed by atoms with Crippen molar-refractivity contribution in [1.29, 1.82) is 5.26 Å². The molecule has 1 saturated heterocycles. The SMILES string of the molecule is Cc1ccccc1CC1CCCN1Cc1ccc(C#N)o1. The normalized spacial score (nSPS) is 18.8. The number of hydrogen-bond donors (Lipinski definition) is 0. The molecule has 0 aliphatic carbocycles. The van der Waals surface area contributed by atoms with Gasteiger partial charge in [0.15, 0.2) is 0 Å². The van der Waals surface area contributed by atoms with Crippen molar-refractivity contribution in [2.24, 2.45) is 0 Å². The molecule has 0 spiro atoms. The fourth-order valence-corrected chi connectivity index (χ4v) is 3.15. The third kappa shape index (κ3) is 3.17. The van der Waals surface area contributed by atoms with Gasteiger partial charge in [0.05, 0.1) is 6.54 Å². The number of nitrogens with zero attached hydrogens (tertiary/aromatic N) is 2. The van der Waals surface area contributed by atoms with Gasteiger partial charge < -0.3 is 4.42 Å². The van der Waals surface area contributed by atoms with Gasteiger partial charge in [-0.2, -0.15) is 5.26 Å². The molecule has 2 aromatic rings. The number of nitriles is 1. The standard InChI is InChI=1S/C18H20N2O/c1-14-5-2-3-6-15(14)11-16-7-4-10-20(16)13-18-9-8-17(12-19)21-18/h2-3,5-6,8-9,16H,4,7,10-11,13H2,1H3. The molecule has 1 aliphatic rings. The second-order valence-electron chi connectivity index (χ2n) is 5.77. The molecule has 1 aromatic heterocycles. The van der Waals surface area contributed by atoms with Crippen molar-refractivity contribution in [3.63, 3.8) is 0 Å². The molecule has 1 fully saturated rings. The van der Waals surface area contributed by atoms with Crippen LogP contribution in [0.4, 0.5) is 0 Å². The molecule has 108 valence electrons. The van der Waals surface area contributed by atoms with E-state index in [1.54, 1.807) is 6.07 Å². The van der Waals surface area contributed by atoms with Crippen LogP contribution in [-0.2, 0) is 13.0 Å². The third-order valence-corrected chi connectivity index (χ3v) is 4.35. The Kier molecular flexibility index (Phi) is 4.08. The second-order valence-corrected chi connectivity index (χ2v) is 5.77. The van der Waals surface area contributed by atoms with Crippen LogP contribution in [-0.4, -0.2) is 17.5 Å². The van der Waals surface area contributed by atoms with Crippen molar-refractivity contribution in [2.75, 3.05) is 6.54 Å². The van der Waals surface area contributed by atoms with Gasteiger partial charge in [-0.25, -0.2) is 0 Å². The zero-order valence-electron chi connectivity index (χ0n) is 12.4. The Balaban J connectivity index is 1.68. The summed E-state index contributed by atoms with van der Waals surface area (Å²) < 4.78 is 5.51. The average molecular weight is 280 g/mol. The lowest BCUT2D eigenvalue weighted by molar-refractivity contribution is 0.224. The predicted octanol–water partition coefficient (Wildman–Crippen LogP) is 3.67. The van der Waals surface area contributed by atoms with E-state index in [0.717, 1.165) is 25.3 Å². The van der Waals surface area contributed by atoms with Crippen LogP contribution >= 0.6 is 0 Å². The van der Waals surface area contributed by atoms with Crippen LogP contribution in [0, 0.1) is 18.3 Å². The summed E-state index contributed by atoms with van der Waals surface area (Å²) in [4.78, 5) is 2.48. The van der Waals surface area contributed by atoms with Gasteiger partial charge in [-0.1, -0.05) is 24.3 Å². The smallest absolute Gasteiger partial charge is 0.203 e. The minimum absolute atomic E-state index is 0.402. The molecule has 3 rings (SSSR count). The van der Waals surface area contributed by atoms with Crippen LogP contribution in [0.2, 0.25) is 0 Å². The molecule has 0 saturated carbocycles. The van der Waals surface area contributed by atoms with Crippen molar-refractivity contribution in [2.45, 2.75) is 38.8 Å². The lowest BCUT2D eigenvalue weighted by Gasteiger charge is -2.24. The van der Waals surface area contributed by atoms with E-state index >= 15 is 0 Å². The van der Waals surface area contributed by atoms with Crippen molar-refractivity contribution in [3.8, 4) is 6.07 Å². The molecule has 1 atom stereocenters. The largest absolute Gasteiger partial charge is 0.449 e.